The summed E-state index contributed by atoms with van der Waals surface area (Å²) in [5.41, 5.74) is 1.01. The highest BCUT2D eigenvalue weighted by atomic mass is 35.5. The zero-order valence-electron chi connectivity index (χ0n) is 9.90. The smallest absolute Gasteiger partial charge is 0.128 e. The van der Waals surface area contributed by atoms with Crippen LogP contribution in [-0.2, 0) is 4.84 Å². The van der Waals surface area contributed by atoms with Crippen molar-refractivity contribution in [3.05, 3.63) is 35.9 Å². The van der Waals surface area contributed by atoms with Crippen molar-refractivity contribution >= 4 is 12.4 Å². The quantitative estimate of drug-likeness (QED) is 0.620. The molecule has 3 heteroatoms. The third-order valence-electron chi connectivity index (χ3n) is 1.77. The van der Waals surface area contributed by atoms with Crippen molar-refractivity contribution in [3.63, 3.8) is 0 Å². The number of halogens is 1. The van der Waals surface area contributed by atoms with Crippen LogP contribution < -0.4 is 5.90 Å². The zero-order chi connectivity index (χ0) is 12.2. The highest BCUT2D eigenvalue weighted by molar-refractivity contribution is 5.85. The Kier molecular flexibility index (Phi) is 10.4. The molecule has 1 aromatic rings. The largest absolute Gasteiger partial charge is 0.292 e. The molecule has 0 radical (unpaired) electrons. The van der Waals surface area contributed by atoms with Gasteiger partial charge in [-0.25, -0.2) is 5.90 Å². The van der Waals surface area contributed by atoms with Crippen LogP contribution in [0.5, 0.6) is 0 Å². The van der Waals surface area contributed by atoms with E-state index < -0.39 is 0 Å². The number of nitrogens with two attached hydrogens (primary N) is 1. The predicted octanol–water partition coefficient (Wildman–Crippen LogP) is 2.14. The average molecular weight is 260 g/mol. The molecule has 0 aliphatic carbocycles. The molecule has 2 N–H and O–H groups in total. The standard InChI is InChI=1S/C15H13NO.ClH/c16-17-14-10-5-3-1-2-4-7-11-15-12-8-6-9-13-15;/h6,8-9,12-13H,3-4,14,16H2;1H. The monoisotopic (exact) mass is 259 g/mol. The van der Waals surface area contributed by atoms with Crippen LogP contribution >= 0.6 is 12.4 Å². The summed E-state index contributed by atoms with van der Waals surface area (Å²) in [5, 5.41) is 0. The first-order chi connectivity index (χ1) is 8.43. The normalized spacial score (nSPS) is 7.39. The third-order valence-corrected chi connectivity index (χ3v) is 1.77. The molecule has 0 bridgehead atoms. The fraction of sp³-hybridized carbons (Fsp3) is 0.200. The van der Waals surface area contributed by atoms with Gasteiger partial charge in [-0.3, -0.25) is 4.84 Å². The minimum atomic E-state index is 0. The van der Waals surface area contributed by atoms with Crippen LogP contribution in [0, 0.1) is 35.5 Å². The third kappa shape index (κ3) is 8.28. The van der Waals surface area contributed by atoms with Crippen molar-refractivity contribution in [2.75, 3.05) is 6.61 Å². The summed E-state index contributed by atoms with van der Waals surface area (Å²) in [5.74, 6) is 22.2. The van der Waals surface area contributed by atoms with E-state index in [-0.39, 0.29) is 19.0 Å². The molecule has 0 saturated carbocycles. The lowest BCUT2D eigenvalue weighted by Crippen LogP contribution is -1.97. The zero-order valence-corrected chi connectivity index (χ0v) is 10.7. The van der Waals surface area contributed by atoms with Crippen LogP contribution in [0.2, 0.25) is 0 Å². The molecule has 0 amide bonds. The summed E-state index contributed by atoms with van der Waals surface area (Å²) < 4.78 is 0. The van der Waals surface area contributed by atoms with Crippen molar-refractivity contribution < 1.29 is 4.84 Å². The van der Waals surface area contributed by atoms with Gasteiger partial charge in [-0.15, -0.1) is 12.4 Å². The van der Waals surface area contributed by atoms with E-state index in [1.54, 1.807) is 0 Å². The van der Waals surface area contributed by atoms with Crippen LogP contribution in [0.1, 0.15) is 18.4 Å². The lowest BCUT2D eigenvalue weighted by molar-refractivity contribution is 0.173. The van der Waals surface area contributed by atoms with Crippen molar-refractivity contribution in [2.24, 2.45) is 5.90 Å². The van der Waals surface area contributed by atoms with E-state index in [1.165, 1.54) is 0 Å². The van der Waals surface area contributed by atoms with Gasteiger partial charge < -0.3 is 0 Å². The number of hydrogen-bond acceptors (Lipinski definition) is 2. The van der Waals surface area contributed by atoms with Gasteiger partial charge in [0, 0.05) is 5.56 Å². The van der Waals surface area contributed by atoms with Crippen LogP contribution in [0.3, 0.4) is 0 Å². The lowest BCUT2D eigenvalue weighted by atomic mass is 10.2. The van der Waals surface area contributed by atoms with E-state index >= 15 is 0 Å². The highest BCUT2D eigenvalue weighted by Crippen LogP contribution is 1.94. The van der Waals surface area contributed by atoms with E-state index in [4.69, 9.17) is 5.90 Å². The summed E-state index contributed by atoms with van der Waals surface area (Å²) in [6.07, 6.45) is 1.08. The molecule has 0 aliphatic heterocycles. The summed E-state index contributed by atoms with van der Waals surface area (Å²) in [6.45, 7) is 0.246. The number of rotatable bonds is 1. The summed E-state index contributed by atoms with van der Waals surface area (Å²) >= 11 is 0. The maximum Gasteiger partial charge on any atom is 0.128 e. The minimum Gasteiger partial charge on any atom is -0.292 e. The molecule has 0 spiro atoms. The van der Waals surface area contributed by atoms with Crippen LogP contribution in [-0.4, -0.2) is 6.61 Å². The van der Waals surface area contributed by atoms with Gasteiger partial charge in [-0.2, -0.15) is 0 Å². The fourth-order valence-corrected chi connectivity index (χ4v) is 1.04. The van der Waals surface area contributed by atoms with E-state index in [2.05, 4.69) is 40.4 Å². The van der Waals surface area contributed by atoms with E-state index in [1.807, 2.05) is 30.3 Å². The van der Waals surface area contributed by atoms with Gasteiger partial charge in [0.15, 0.2) is 0 Å². The van der Waals surface area contributed by atoms with Crippen molar-refractivity contribution in [1.82, 2.24) is 0 Å². The maximum atomic E-state index is 4.81. The molecule has 92 valence electrons. The summed E-state index contributed by atoms with van der Waals surface area (Å²) in [6, 6.07) is 9.84. The van der Waals surface area contributed by atoms with Crippen LogP contribution in [0.15, 0.2) is 30.3 Å². The second-order valence-corrected chi connectivity index (χ2v) is 3.04. The predicted molar refractivity (Wildman–Crippen MR) is 75.5 cm³/mol. The minimum absolute atomic E-state index is 0. The molecule has 2 nitrogen and oxygen atoms in total. The van der Waals surface area contributed by atoms with E-state index in [0.29, 0.717) is 12.8 Å². The molecule has 0 heterocycles. The Morgan fingerprint density at radius 1 is 0.889 bits per heavy atom. The number of benzene rings is 1. The molecular formula is C15H14ClNO. The van der Waals surface area contributed by atoms with Gasteiger partial charge >= 0.3 is 0 Å². The second kappa shape index (κ2) is 11.6. The average Bonchev–Trinajstić information content (AvgIpc) is 2.38. The van der Waals surface area contributed by atoms with Crippen molar-refractivity contribution in [3.8, 4) is 35.5 Å². The van der Waals surface area contributed by atoms with Crippen LogP contribution in [0.25, 0.3) is 0 Å². The summed E-state index contributed by atoms with van der Waals surface area (Å²) in [4.78, 5) is 4.29. The molecule has 1 aromatic carbocycles. The Morgan fingerprint density at radius 2 is 1.50 bits per heavy atom. The Morgan fingerprint density at radius 3 is 2.17 bits per heavy atom. The Labute approximate surface area is 114 Å². The Bertz CT molecular complexity index is 506. The maximum absolute atomic E-state index is 4.81. The lowest BCUT2D eigenvalue weighted by Gasteiger charge is -1.84. The molecule has 1 rings (SSSR count). The fourth-order valence-electron chi connectivity index (χ4n) is 1.04. The van der Waals surface area contributed by atoms with Gasteiger partial charge in [-0.05, 0) is 12.1 Å². The molecule has 0 aromatic heterocycles. The van der Waals surface area contributed by atoms with Crippen molar-refractivity contribution in [1.29, 1.82) is 0 Å². The molecular weight excluding hydrogens is 246 g/mol. The second-order valence-electron chi connectivity index (χ2n) is 3.04. The van der Waals surface area contributed by atoms with E-state index in [0.717, 1.165) is 5.56 Å². The first-order valence-corrected chi connectivity index (χ1v) is 5.20. The molecule has 0 fully saturated rings. The van der Waals surface area contributed by atoms with Crippen LogP contribution in [0.4, 0.5) is 0 Å². The van der Waals surface area contributed by atoms with E-state index in [9.17, 15) is 0 Å². The molecule has 0 saturated heterocycles. The van der Waals surface area contributed by atoms with Gasteiger partial charge in [0.05, 0.1) is 12.8 Å². The molecule has 0 unspecified atom stereocenters. The topological polar surface area (TPSA) is 35.2 Å². The molecule has 0 atom stereocenters. The highest BCUT2D eigenvalue weighted by Gasteiger charge is 1.79. The first-order valence-electron chi connectivity index (χ1n) is 5.20. The number of hydrogen-bond donors (Lipinski definition) is 1. The molecule has 18 heavy (non-hydrogen) atoms. The Balaban J connectivity index is 0.00000289. The molecule has 0 aliphatic rings. The van der Waals surface area contributed by atoms with Gasteiger partial charge in [0.1, 0.15) is 6.61 Å². The van der Waals surface area contributed by atoms with Gasteiger partial charge in [-0.1, -0.05) is 53.7 Å². The van der Waals surface area contributed by atoms with Crippen molar-refractivity contribution in [2.45, 2.75) is 12.8 Å². The van der Waals surface area contributed by atoms with Gasteiger partial charge in [0.25, 0.3) is 0 Å². The Hall–Kier alpha value is -1.89. The summed E-state index contributed by atoms with van der Waals surface area (Å²) in [7, 11) is 0. The van der Waals surface area contributed by atoms with Gasteiger partial charge in [0.2, 0.25) is 0 Å². The SMILES string of the molecule is Cl.NOCC#CCC#CCC#Cc1ccccc1. The first kappa shape index (κ1) is 16.1.